The second-order valence-corrected chi connectivity index (χ2v) is 5.59. The van der Waals surface area contributed by atoms with Gasteiger partial charge in [0.2, 0.25) is 5.56 Å². The number of piperazine rings is 1. The molecule has 0 bridgehead atoms. The number of ether oxygens (including phenoxy) is 1. The second kappa shape index (κ2) is 6.68. The van der Waals surface area contributed by atoms with Crippen LogP contribution in [0.4, 0.5) is 0 Å². The van der Waals surface area contributed by atoms with Crippen LogP contribution in [0, 0.1) is 0 Å². The summed E-state index contributed by atoms with van der Waals surface area (Å²) >= 11 is 0. The highest BCUT2D eigenvalue weighted by atomic mass is 16.5. The van der Waals surface area contributed by atoms with Crippen LogP contribution in [0.5, 0.6) is 0 Å². The van der Waals surface area contributed by atoms with Crippen LogP contribution in [0.25, 0.3) is 0 Å². The maximum absolute atomic E-state index is 12.4. The molecule has 2 aliphatic rings. The Hall–Kier alpha value is -2.57. The number of aromatic nitrogens is 1. The third-order valence-electron chi connectivity index (χ3n) is 4.03. The van der Waals surface area contributed by atoms with Gasteiger partial charge < -0.3 is 19.5 Å². The van der Waals surface area contributed by atoms with Gasteiger partial charge in [-0.3, -0.25) is 14.4 Å². The molecule has 7 heteroatoms. The van der Waals surface area contributed by atoms with Gasteiger partial charge in [-0.2, -0.15) is 0 Å². The largest absolute Gasteiger partial charge is 0.488 e. The van der Waals surface area contributed by atoms with Crippen LogP contribution in [0.2, 0.25) is 0 Å². The van der Waals surface area contributed by atoms with Crippen molar-refractivity contribution in [1.82, 2.24) is 14.8 Å². The molecule has 3 heterocycles. The number of H-pyrrole nitrogens is 1. The Morgan fingerprint density at radius 2 is 1.74 bits per heavy atom. The SMILES string of the molecule is O=C(C1=CCCCO1)N1CCN(C(=O)c2ccc(=O)[nH]c2)CC1. The molecule has 1 aromatic rings. The molecule has 7 nitrogen and oxygen atoms in total. The highest BCUT2D eigenvalue weighted by Gasteiger charge is 2.27. The lowest BCUT2D eigenvalue weighted by Gasteiger charge is -2.35. The summed E-state index contributed by atoms with van der Waals surface area (Å²) in [6.07, 6.45) is 5.07. The van der Waals surface area contributed by atoms with Crippen molar-refractivity contribution in [2.24, 2.45) is 0 Å². The van der Waals surface area contributed by atoms with Gasteiger partial charge >= 0.3 is 0 Å². The summed E-state index contributed by atoms with van der Waals surface area (Å²) < 4.78 is 5.40. The highest BCUT2D eigenvalue weighted by molar-refractivity contribution is 5.94. The molecule has 1 saturated heterocycles. The number of carbonyl (C=O) groups is 2. The van der Waals surface area contributed by atoms with Crippen molar-refractivity contribution in [3.63, 3.8) is 0 Å². The van der Waals surface area contributed by atoms with Gasteiger partial charge in [-0.05, 0) is 25.0 Å². The summed E-state index contributed by atoms with van der Waals surface area (Å²) in [5, 5.41) is 0. The summed E-state index contributed by atoms with van der Waals surface area (Å²) in [6.45, 7) is 2.49. The van der Waals surface area contributed by atoms with Gasteiger partial charge in [0.05, 0.1) is 12.2 Å². The first-order valence-corrected chi connectivity index (χ1v) is 7.75. The van der Waals surface area contributed by atoms with Crippen molar-refractivity contribution >= 4 is 11.8 Å². The molecule has 122 valence electrons. The smallest absolute Gasteiger partial charge is 0.288 e. The van der Waals surface area contributed by atoms with E-state index in [2.05, 4.69) is 4.98 Å². The number of nitrogens with one attached hydrogen (secondary N) is 1. The number of hydrogen-bond acceptors (Lipinski definition) is 4. The van der Waals surface area contributed by atoms with Crippen LogP contribution in [0.3, 0.4) is 0 Å². The molecular weight excluding hydrogens is 298 g/mol. The zero-order valence-corrected chi connectivity index (χ0v) is 12.8. The first-order chi connectivity index (χ1) is 11.1. The Labute approximate surface area is 133 Å². The van der Waals surface area contributed by atoms with Crippen LogP contribution in [-0.4, -0.2) is 59.4 Å². The molecule has 2 aliphatic heterocycles. The Bertz CT molecular complexity index is 666. The van der Waals surface area contributed by atoms with Crippen LogP contribution in [0.15, 0.2) is 35.0 Å². The molecule has 1 aromatic heterocycles. The van der Waals surface area contributed by atoms with Crippen LogP contribution in [-0.2, 0) is 9.53 Å². The lowest BCUT2D eigenvalue weighted by atomic mass is 10.2. The second-order valence-electron chi connectivity index (χ2n) is 5.59. The van der Waals surface area contributed by atoms with Crippen LogP contribution < -0.4 is 5.56 Å². The van der Waals surface area contributed by atoms with Gasteiger partial charge in [0.25, 0.3) is 11.8 Å². The average molecular weight is 317 g/mol. The number of allylic oxidation sites excluding steroid dienone is 1. The van der Waals surface area contributed by atoms with Crippen molar-refractivity contribution < 1.29 is 14.3 Å². The predicted molar refractivity (Wildman–Crippen MR) is 82.8 cm³/mol. The molecule has 0 saturated carbocycles. The van der Waals surface area contributed by atoms with E-state index < -0.39 is 0 Å². The van der Waals surface area contributed by atoms with Gasteiger partial charge in [-0.25, -0.2) is 0 Å². The standard InChI is InChI=1S/C16H19N3O4/c20-14-5-4-12(11-17-14)15(21)18-6-8-19(9-7-18)16(22)13-3-1-2-10-23-13/h3-5,11H,1-2,6-10H2,(H,17,20). The van der Waals surface area contributed by atoms with Crippen molar-refractivity contribution in [2.45, 2.75) is 12.8 Å². The summed E-state index contributed by atoms with van der Waals surface area (Å²) in [5.74, 6) is 0.194. The fourth-order valence-corrected chi connectivity index (χ4v) is 2.70. The number of carbonyl (C=O) groups excluding carboxylic acids is 2. The number of hydrogen-bond donors (Lipinski definition) is 1. The summed E-state index contributed by atoms with van der Waals surface area (Å²) in [6, 6.07) is 2.85. The molecule has 2 amide bonds. The minimum atomic E-state index is -0.238. The average Bonchev–Trinajstić information content (AvgIpc) is 2.62. The first-order valence-electron chi connectivity index (χ1n) is 7.75. The number of nitrogens with zero attached hydrogens (tertiary/aromatic N) is 2. The third-order valence-corrected chi connectivity index (χ3v) is 4.03. The van der Waals surface area contributed by atoms with Crippen molar-refractivity contribution in [1.29, 1.82) is 0 Å². The molecule has 23 heavy (non-hydrogen) atoms. The zero-order chi connectivity index (χ0) is 16.2. The van der Waals surface area contributed by atoms with E-state index >= 15 is 0 Å². The van der Waals surface area contributed by atoms with Gasteiger partial charge in [0.1, 0.15) is 0 Å². The molecule has 0 aliphatic carbocycles. The molecule has 0 radical (unpaired) electrons. The quantitative estimate of drug-likeness (QED) is 0.853. The topological polar surface area (TPSA) is 82.7 Å². The monoisotopic (exact) mass is 317 g/mol. The third kappa shape index (κ3) is 3.44. The van der Waals surface area contributed by atoms with Gasteiger partial charge in [-0.15, -0.1) is 0 Å². The number of aromatic amines is 1. The minimum Gasteiger partial charge on any atom is -0.488 e. The molecule has 0 atom stereocenters. The lowest BCUT2D eigenvalue weighted by Crippen LogP contribution is -2.51. The maximum Gasteiger partial charge on any atom is 0.288 e. The molecule has 0 aromatic carbocycles. The lowest BCUT2D eigenvalue weighted by molar-refractivity contribution is -0.132. The summed E-state index contributed by atoms with van der Waals surface area (Å²) in [5.41, 5.74) is 0.209. The van der Waals surface area contributed by atoms with E-state index in [1.807, 2.05) is 6.08 Å². The Balaban J connectivity index is 1.58. The number of pyridine rings is 1. The summed E-state index contributed by atoms with van der Waals surface area (Å²) in [4.78, 5) is 41.6. The number of amides is 2. The fourth-order valence-electron chi connectivity index (χ4n) is 2.70. The van der Waals surface area contributed by atoms with E-state index in [4.69, 9.17) is 4.74 Å². The number of rotatable bonds is 2. The summed E-state index contributed by atoms with van der Waals surface area (Å²) in [7, 11) is 0. The Morgan fingerprint density at radius 1 is 1.04 bits per heavy atom. The van der Waals surface area contributed by atoms with E-state index in [0.717, 1.165) is 12.8 Å². The van der Waals surface area contributed by atoms with E-state index in [0.29, 0.717) is 44.1 Å². The van der Waals surface area contributed by atoms with Crippen molar-refractivity contribution in [3.05, 3.63) is 46.1 Å². The Morgan fingerprint density at radius 3 is 2.30 bits per heavy atom. The molecule has 0 spiro atoms. The van der Waals surface area contributed by atoms with Crippen LogP contribution >= 0.6 is 0 Å². The predicted octanol–water partition coefficient (Wildman–Crippen LogP) is 0.354. The van der Waals surface area contributed by atoms with E-state index in [-0.39, 0.29) is 17.4 Å². The molecule has 3 rings (SSSR count). The van der Waals surface area contributed by atoms with Crippen molar-refractivity contribution in [3.8, 4) is 0 Å². The molecular formula is C16H19N3O4. The van der Waals surface area contributed by atoms with Gasteiger partial charge in [0, 0.05) is 38.4 Å². The van der Waals surface area contributed by atoms with Gasteiger partial charge in [-0.1, -0.05) is 0 Å². The first kappa shape index (κ1) is 15.3. The molecule has 1 N–H and O–H groups in total. The highest BCUT2D eigenvalue weighted by Crippen LogP contribution is 2.15. The van der Waals surface area contributed by atoms with Crippen LogP contribution in [0.1, 0.15) is 23.2 Å². The van der Waals surface area contributed by atoms with Gasteiger partial charge in [0.15, 0.2) is 5.76 Å². The zero-order valence-electron chi connectivity index (χ0n) is 12.8. The Kier molecular flexibility index (Phi) is 4.45. The van der Waals surface area contributed by atoms with E-state index in [1.54, 1.807) is 9.80 Å². The molecule has 0 unspecified atom stereocenters. The molecule has 1 fully saturated rings. The van der Waals surface area contributed by atoms with E-state index in [9.17, 15) is 14.4 Å². The van der Waals surface area contributed by atoms with Crippen molar-refractivity contribution in [2.75, 3.05) is 32.8 Å². The minimum absolute atomic E-state index is 0.0964. The van der Waals surface area contributed by atoms with E-state index in [1.165, 1.54) is 18.3 Å². The maximum atomic E-state index is 12.4. The fraction of sp³-hybridized carbons (Fsp3) is 0.438. The normalized spacial score (nSPS) is 18.2.